The summed E-state index contributed by atoms with van der Waals surface area (Å²) in [6.45, 7) is 2.88. The predicted molar refractivity (Wildman–Crippen MR) is 107 cm³/mol. The van der Waals surface area contributed by atoms with Gasteiger partial charge in [0, 0.05) is 29.7 Å². The topological polar surface area (TPSA) is 58.6 Å². The van der Waals surface area contributed by atoms with E-state index in [9.17, 15) is 9.59 Å². The Labute approximate surface area is 164 Å². The number of benzene rings is 2. The second kappa shape index (κ2) is 8.44. The van der Waals surface area contributed by atoms with Gasteiger partial charge in [-0.05, 0) is 49.6 Å². The van der Waals surface area contributed by atoms with Crippen molar-refractivity contribution in [3.05, 3.63) is 58.6 Å². The molecular weight excluding hydrogens is 364 g/mol. The Kier molecular flexibility index (Phi) is 6.01. The lowest BCUT2D eigenvalue weighted by atomic mass is 9.89. The normalized spacial score (nSPS) is 16.7. The number of carbonyl (C=O) groups is 2. The second-order valence-electron chi connectivity index (χ2n) is 6.69. The van der Waals surface area contributed by atoms with E-state index in [-0.39, 0.29) is 17.7 Å². The maximum Gasteiger partial charge on any atom is 0.321 e. The predicted octanol–water partition coefficient (Wildman–Crippen LogP) is 4.78. The van der Waals surface area contributed by atoms with Crippen LogP contribution in [0.3, 0.4) is 0 Å². The molecule has 1 atom stereocenters. The summed E-state index contributed by atoms with van der Waals surface area (Å²) in [5.74, 6) is 0.351. The zero-order valence-corrected chi connectivity index (χ0v) is 16.3. The van der Waals surface area contributed by atoms with Gasteiger partial charge in [0.05, 0.1) is 12.7 Å². The maximum absolute atomic E-state index is 12.9. The largest absolute Gasteiger partial charge is 0.496 e. The Morgan fingerprint density at radius 3 is 2.74 bits per heavy atom. The molecule has 3 rings (SSSR count). The SMILES string of the molecule is COc1ccccc1C(=O)[C@@H]1CCCN(C(=O)Nc2cccc(Cl)c2C)C1. The maximum atomic E-state index is 12.9. The molecule has 2 aromatic rings. The lowest BCUT2D eigenvalue weighted by molar-refractivity contribution is 0.0848. The number of methoxy groups -OCH3 is 1. The van der Waals surface area contributed by atoms with Gasteiger partial charge in [-0.2, -0.15) is 0 Å². The van der Waals surface area contributed by atoms with Crippen molar-refractivity contribution in [2.45, 2.75) is 19.8 Å². The Morgan fingerprint density at radius 2 is 1.96 bits per heavy atom. The first-order valence-corrected chi connectivity index (χ1v) is 9.37. The van der Waals surface area contributed by atoms with Gasteiger partial charge in [0.2, 0.25) is 0 Å². The van der Waals surface area contributed by atoms with Crippen molar-refractivity contribution in [1.29, 1.82) is 0 Å². The summed E-state index contributed by atoms with van der Waals surface area (Å²) in [4.78, 5) is 27.3. The zero-order chi connectivity index (χ0) is 19.4. The van der Waals surface area contributed by atoms with Crippen LogP contribution in [-0.4, -0.2) is 36.9 Å². The Hall–Kier alpha value is -2.53. The van der Waals surface area contributed by atoms with E-state index in [2.05, 4.69) is 5.32 Å². The number of hydrogen-bond acceptors (Lipinski definition) is 3. The molecule has 2 aromatic carbocycles. The van der Waals surface area contributed by atoms with Crippen LogP contribution in [0.2, 0.25) is 5.02 Å². The third-order valence-electron chi connectivity index (χ3n) is 4.96. The van der Waals surface area contributed by atoms with E-state index in [0.29, 0.717) is 35.1 Å². The molecule has 6 heteroatoms. The van der Waals surface area contributed by atoms with Gasteiger partial charge < -0.3 is 15.0 Å². The second-order valence-corrected chi connectivity index (χ2v) is 7.10. The van der Waals surface area contributed by atoms with Gasteiger partial charge in [-0.15, -0.1) is 0 Å². The van der Waals surface area contributed by atoms with E-state index in [1.54, 1.807) is 36.3 Å². The smallest absolute Gasteiger partial charge is 0.321 e. The molecule has 1 aliphatic heterocycles. The number of anilines is 1. The van der Waals surface area contributed by atoms with E-state index in [4.69, 9.17) is 16.3 Å². The highest BCUT2D eigenvalue weighted by molar-refractivity contribution is 6.31. The molecule has 27 heavy (non-hydrogen) atoms. The molecule has 5 nitrogen and oxygen atoms in total. The molecule has 0 spiro atoms. The van der Waals surface area contributed by atoms with Crippen molar-refractivity contribution in [1.82, 2.24) is 4.90 Å². The third-order valence-corrected chi connectivity index (χ3v) is 5.37. The van der Waals surface area contributed by atoms with Crippen LogP contribution in [0.25, 0.3) is 0 Å². The summed E-state index contributed by atoms with van der Waals surface area (Å²) in [6.07, 6.45) is 1.55. The van der Waals surface area contributed by atoms with Crippen LogP contribution in [0.15, 0.2) is 42.5 Å². The number of carbonyl (C=O) groups excluding carboxylic acids is 2. The first kappa shape index (κ1) is 19.2. The number of amides is 2. The number of ketones is 1. The molecule has 142 valence electrons. The number of Topliss-reactive ketones (excluding diaryl/α,β-unsaturated/α-hetero) is 1. The fraction of sp³-hybridized carbons (Fsp3) is 0.333. The monoisotopic (exact) mass is 386 g/mol. The van der Waals surface area contributed by atoms with Gasteiger partial charge >= 0.3 is 6.03 Å². The molecule has 0 aliphatic carbocycles. The summed E-state index contributed by atoms with van der Waals surface area (Å²) in [5, 5.41) is 3.52. The molecule has 0 radical (unpaired) electrons. The molecule has 1 saturated heterocycles. The average molecular weight is 387 g/mol. The molecular formula is C21H23ClN2O3. The van der Waals surface area contributed by atoms with E-state index in [1.807, 2.05) is 25.1 Å². The minimum Gasteiger partial charge on any atom is -0.496 e. The van der Waals surface area contributed by atoms with Crippen molar-refractivity contribution < 1.29 is 14.3 Å². The van der Waals surface area contributed by atoms with Crippen molar-refractivity contribution in [3.8, 4) is 5.75 Å². The molecule has 1 N–H and O–H groups in total. The lowest BCUT2D eigenvalue weighted by Crippen LogP contribution is -2.44. The minimum absolute atomic E-state index is 0.0175. The number of nitrogens with zero attached hydrogens (tertiary/aromatic N) is 1. The summed E-state index contributed by atoms with van der Waals surface area (Å²) in [6, 6.07) is 12.4. The Morgan fingerprint density at radius 1 is 1.19 bits per heavy atom. The number of ether oxygens (including phenoxy) is 1. The standard InChI is InChI=1S/C21H23ClN2O3/c1-14-17(22)9-5-10-18(14)23-21(26)24-12-6-7-15(13-24)20(25)16-8-3-4-11-19(16)27-2/h3-5,8-11,15H,6-7,12-13H2,1-2H3,(H,23,26)/t15-/m1/s1. The molecule has 0 unspecified atom stereocenters. The first-order valence-electron chi connectivity index (χ1n) is 8.99. The number of para-hydroxylation sites is 1. The molecule has 1 heterocycles. The van der Waals surface area contributed by atoms with E-state index in [0.717, 1.165) is 18.4 Å². The Balaban J connectivity index is 1.71. The van der Waals surface area contributed by atoms with Crippen LogP contribution < -0.4 is 10.1 Å². The number of hydrogen-bond donors (Lipinski definition) is 1. The van der Waals surface area contributed by atoms with Crippen molar-refractivity contribution in [2.75, 3.05) is 25.5 Å². The van der Waals surface area contributed by atoms with Gasteiger partial charge in [-0.3, -0.25) is 4.79 Å². The highest BCUT2D eigenvalue weighted by Gasteiger charge is 2.30. The summed E-state index contributed by atoms with van der Waals surface area (Å²) in [7, 11) is 1.56. The fourth-order valence-electron chi connectivity index (χ4n) is 3.38. The van der Waals surface area contributed by atoms with Crippen LogP contribution in [-0.2, 0) is 0 Å². The fourth-order valence-corrected chi connectivity index (χ4v) is 3.56. The van der Waals surface area contributed by atoms with Gasteiger partial charge in [0.1, 0.15) is 5.75 Å². The lowest BCUT2D eigenvalue weighted by Gasteiger charge is -2.32. The van der Waals surface area contributed by atoms with Crippen LogP contribution >= 0.6 is 11.6 Å². The number of nitrogens with one attached hydrogen (secondary N) is 1. The number of rotatable bonds is 4. The van der Waals surface area contributed by atoms with Crippen LogP contribution in [0.4, 0.5) is 10.5 Å². The number of halogens is 1. The quantitative estimate of drug-likeness (QED) is 0.769. The summed E-state index contributed by atoms with van der Waals surface area (Å²) in [5.41, 5.74) is 2.08. The van der Waals surface area contributed by atoms with Crippen molar-refractivity contribution in [2.24, 2.45) is 5.92 Å². The van der Waals surface area contributed by atoms with Crippen LogP contribution in [0.5, 0.6) is 5.75 Å². The Bertz CT molecular complexity index is 853. The number of urea groups is 1. The number of piperidine rings is 1. The van der Waals surface area contributed by atoms with Crippen molar-refractivity contribution >= 4 is 29.1 Å². The summed E-state index contributed by atoms with van der Waals surface area (Å²) >= 11 is 6.12. The molecule has 0 aromatic heterocycles. The van der Waals surface area contributed by atoms with Crippen molar-refractivity contribution in [3.63, 3.8) is 0 Å². The zero-order valence-electron chi connectivity index (χ0n) is 15.5. The molecule has 0 saturated carbocycles. The minimum atomic E-state index is -0.235. The van der Waals surface area contributed by atoms with E-state index < -0.39 is 0 Å². The van der Waals surface area contributed by atoms with Crippen LogP contribution in [0.1, 0.15) is 28.8 Å². The summed E-state index contributed by atoms with van der Waals surface area (Å²) < 4.78 is 5.31. The molecule has 1 fully saturated rings. The number of likely N-dealkylation sites (tertiary alicyclic amines) is 1. The molecule has 1 aliphatic rings. The molecule has 0 bridgehead atoms. The van der Waals surface area contributed by atoms with Gasteiger partial charge in [0.15, 0.2) is 5.78 Å². The molecule has 2 amide bonds. The van der Waals surface area contributed by atoms with Crippen LogP contribution in [0, 0.1) is 12.8 Å². The van der Waals surface area contributed by atoms with Gasteiger partial charge in [-0.25, -0.2) is 4.79 Å². The van der Waals surface area contributed by atoms with E-state index in [1.165, 1.54) is 0 Å². The highest BCUT2D eigenvalue weighted by atomic mass is 35.5. The highest BCUT2D eigenvalue weighted by Crippen LogP contribution is 2.27. The third kappa shape index (κ3) is 4.25. The van der Waals surface area contributed by atoms with Gasteiger partial charge in [-0.1, -0.05) is 29.8 Å². The average Bonchev–Trinajstić information content (AvgIpc) is 2.71. The van der Waals surface area contributed by atoms with E-state index >= 15 is 0 Å². The first-order chi connectivity index (χ1) is 13.0. The van der Waals surface area contributed by atoms with Gasteiger partial charge in [0.25, 0.3) is 0 Å².